The molecule has 1 aliphatic carbocycles. The van der Waals surface area contributed by atoms with Crippen LogP contribution >= 0.6 is 0 Å². The monoisotopic (exact) mass is 337 g/mol. The summed E-state index contributed by atoms with van der Waals surface area (Å²) in [6.07, 6.45) is 4.27. The van der Waals surface area contributed by atoms with Gasteiger partial charge < -0.3 is 14.0 Å². The van der Waals surface area contributed by atoms with Crippen LogP contribution < -0.4 is 4.74 Å². The predicted octanol–water partition coefficient (Wildman–Crippen LogP) is 3.86. The number of ether oxygens (including phenoxy) is 1. The molecule has 0 N–H and O–H groups in total. The summed E-state index contributed by atoms with van der Waals surface area (Å²) in [6.45, 7) is 7.83. The minimum atomic E-state index is -0.989. The van der Waals surface area contributed by atoms with Gasteiger partial charge in [-0.05, 0) is 52.7 Å². The lowest BCUT2D eigenvalue weighted by Gasteiger charge is -2.32. The molecule has 4 nitrogen and oxygen atoms in total. The molecule has 2 aliphatic rings. The maximum Gasteiger partial charge on any atom is 0.524 e. The zero-order valence-corrected chi connectivity index (χ0v) is 14.4. The van der Waals surface area contributed by atoms with E-state index < -0.39 is 29.9 Å². The van der Waals surface area contributed by atoms with Gasteiger partial charge in [0.1, 0.15) is 11.5 Å². The Labute approximate surface area is 141 Å². The van der Waals surface area contributed by atoms with Crippen molar-refractivity contribution < 1.29 is 22.8 Å². The zero-order chi connectivity index (χ0) is 17.6. The van der Waals surface area contributed by atoms with Gasteiger partial charge in [0.2, 0.25) is 5.88 Å². The van der Waals surface area contributed by atoms with E-state index in [0.29, 0.717) is 12.5 Å². The molecule has 0 amide bonds. The summed E-state index contributed by atoms with van der Waals surface area (Å²) >= 11 is 0. The second-order valence-electron chi connectivity index (χ2n) is 7.58. The Hall–Kier alpha value is -1.47. The number of rotatable bonds is 5. The molecule has 1 saturated carbocycles. The van der Waals surface area contributed by atoms with E-state index in [1.165, 1.54) is 12.1 Å². The van der Waals surface area contributed by atoms with E-state index in [-0.39, 0.29) is 5.41 Å². The van der Waals surface area contributed by atoms with Gasteiger partial charge in [0, 0.05) is 11.5 Å². The van der Waals surface area contributed by atoms with E-state index in [4.69, 9.17) is 14.0 Å². The number of nitrogens with zero attached hydrogens (tertiary/aromatic N) is 1. The molecule has 1 aliphatic heterocycles. The van der Waals surface area contributed by atoms with E-state index in [2.05, 4.69) is 4.98 Å². The van der Waals surface area contributed by atoms with Crippen LogP contribution in [-0.4, -0.2) is 29.9 Å². The Kier molecular flexibility index (Phi) is 4.20. The molecule has 0 spiro atoms. The first-order valence-corrected chi connectivity index (χ1v) is 8.11. The standard InChI is InChI=1S/C17H22BF2NO3/c1-15(2)16(3,4)24-18(23-15)13(20)9-17(7-8-17)11-22-14-6-5-12(19)10-21-14/h5-6,9-10H,7-8,11H2,1-4H3. The summed E-state index contributed by atoms with van der Waals surface area (Å²) in [7, 11) is -0.989. The second-order valence-corrected chi connectivity index (χ2v) is 7.58. The fourth-order valence-electron chi connectivity index (χ4n) is 2.47. The summed E-state index contributed by atoms with van der Waals surface area (Å²) in [4.78, 5) is 3.84. The fraction of sp³-hybridized carbons (Fsp3) is 0.588. The summed E-state index contributed by atoms with van der Waals surface area (Å²) < 4.78 is 44.4. The second kappa shape index (κ2) is 5.81. The molecular formula is C17H22BF2NO3. The van der Waals surface area contributed by atoms with Gasteiger partial charge in [-0.3, -0.25) is 0 Å². The highest BCUT2D eigenvalue weighted by atomic mass is 19.1. The van der Waals surface area contributed by atoms with Crippen molar-refractivity contribution in [1.29, 1.82) is 0 Å². The van der Waals surface area contributed by atoms with Crippen LogP contribution in [0.5, 0.6) is 5.88 Å². The number of hydrogen-bond donors (Lipinski definition) is 0. The Balaban J connectivity index is 1.63. The lowest BCUT2D eigenvalue weighted by atomic mass is 9.85. The molecule has 1 aromatic rings. The van der Waals surface area contributed by atoms with Crippen molar-refractivity contribution in [3.8, 4) is 5.88 Å². The van der Waals surface area contributed by atoms with Gasteiger partial charge in [-0.15, -0.1) is 0 Å². The molecule has 1 saturated heterocycles. The largest absolute Gasteiger partial charge is 0.524 e. The summed E-state index contributed by atoms with van der Waals surface area (Å²) in [6, 6.07) is 2.74. The number of pyridine rings is 1. The molecule has 2 fully saturated rings. The van der Waals surface area contributed by atoms with E-state index >= 15 is 0 Å². The van der Waals surface area contributed by atoms with Crippen LogP contribution in [0.2, 0.25) is 0 Å². The van der Waals surface area contributed by atoms with Gasteiger partial charge in [-0.1, -0.05) is 0 Å². The van der Waals surface area contributed by atoms with Crippen LogP contribution in [0.1, 0.15) is 40.5 Å². The molecule has 7 heteroatoms. The average molecular weight is 337 g/mol. The SMILES string of the molecule is CC1(C)OB(C(F)=CC2(COc3ccc(F)cn3)CC2)OC1(C)C. The smallest absolute Gasteiger partial charge is 0.477 e. The van der Waals surface area contributed by atoms with Gasteiger partial charge in [0.15, 0.2) is 0 Å². The molecule has 0 aromatic carbocycles. The lowest BCUT2D eigenvalue weighted by molar-refractivity contribution is 0.00578. The van der Waals surface area contributed by atoms with Gasteiger partial charge >= 0.3 is 7.12 Å². The quantitative estimate of drug-likeness (QED) is 0.765. The topological polar surface area (TPSA) is 40.6 Å². The molecule has 0 radical (unpaired) electrons. The van der Waals surface area contributed by atoms with Gasteiger partial charge in [0.25, 0.3) is 0 Å². The van der Waals surface area contributed by atoms with Crippen LogP contribution in [-0.2, 0) is 9.31 Å². The maximum atomic E-state index is 14.6. The van der Waals surface area contributed by atoms with Crippen molar-refractivity contribution in [1.82, 2.24) is 4.98 Å². The number of aromatic nitrogens is 1. The molecule has 0 atom stereocenters. The lowest BCUT2D eigenvalue weighted by Crippen LogP contribution is -2.41. The van der Waals surface area contributed by atoms with Crippen molar-refractivity contribution >= 4 is 7.12 Å². The average Bonchev–Trinajstić information content (AvgIpc) is 3.20. The van der Waals surface area contributed by atoms with E-state index in [0.717, 1.165) is 19.0 Å². The Bertz CT molecular complexity index is 626. The van der Waals surface area contributed by atoms with Crippen molar-refractivity contribution in [3.05, 3.63) is 35.9 Å². The minimum Gasteiger partial charge on any atom is -0.477 e. The fourth-order valence-corrected chi connectivity index (χ4v) is 2.47. The van der Waals surface area contributed by atoms with Crippen LogP contribution in [0.25, 0.3) is 0 Å². The Morgan fingerprint density at radius 1 is 1.25 bits per heavy atom. The molecule has 3 rings (SSSR count). The first kappa shape index (κ1) is 17.4. The van der Waals surface area contributed by atoms with Crippen molar-refractivity contribution in [2.24, 2.45) is 5.41 Å². The first-order valence-electron chi connectivity index (χ1n) is 8.11. The summed E-state index contributed by atoms with van der Waals surface area (Å²) in [5.41, 5.74) is -1.95. The molecule has 0 unspecified atom stereocenters. The molecule has 0 bridgehead atoms. The van der Waals surface area contributed by atoms with Crippen LogP contribution in [0.4, 0.5) is 8.78 Å². The molecule has 24 heavy (non-hydrogen) atoms. The molecule has 2 heterocycles. The van der Waals surface area contributed by atoms with Crippen LogP contribution in [0.15, 0.2) is 30.1 Å². The molecule has 130 valence electrons. The third-order valence-electron chi connectivity index (χ3n) is 5.02. The van der Waals surface area contributed by atoms with Crippen molar-refractivity contribution in [2.45, 2.75) is 51.7 Å². The van der Waals surface area contributed by atoms with Gasteiger partial charge in [-0.25, -0.2) is 13.8 Å². The number of hydrogen-bond acceptors (Lipinski definition) is 4. The van der Waals surface area contributed by atoms with Crippen molar-refractivity contribution in [2.75, 3.05) is 6.61 Å². The maximum absolute atomic E-state index is 14.6. The van der Waals surface area contributed by atoms with Crippen LogP contribution in [0.3, 0.4) is 0 Å². The highest BCUT2D eigenvalue weighted by Crippen LogP contribution is 2.49. The van der Waals surface area contributed by atoms with Crippen molar-refractivity contribution in [3.63, 3.8) is 0 Å². The van der Waals surface area contributed by atoms with Gasteiger partial charge in [-0.2, -0.15) is 0 Å². The molecule has 1 aromatic heterocycles. The highest BCUT2D eigenvalue weighted by Gasteiger charge is 2.54. The van der Waals surface area contributed by atoms with Crippen LogP contribution in [0, 0.1) is 11.2 Å². The Morgan fingerprint density at radius 3 is 2.38 bits per heavy atom. The van der Waals surface area contributed by atoms with E-state index in [1.807, 2.05) is 27.7 Å². The number of halogens is 2. The predicted molar refractivity (Wildman–Crippen MR) is 86.6 cm³/mol. The Morgan fingerprint density at radius 2 is 1.88 bits per heavy atom. The normalized spacial score (nSPS) is 24.1. The molecular weight excluding hydrogens is 315 g/mol. The van der Waals surface area contributed by atoms with E-state index in [1.54, 1.807) is 6.08 Å². The summed E-state index contributed by atoms with van der Waals surface area (Å²) in [5.74, 6) is -0.0951. The first-order chi connectivity index (χ1) is 11.1. The van der Waals surface area contributed by atoms with E-state index in [9.17, 15) is 8.78 Å². The van der Waals surface area contributed by atoms with Gasteiger partial charge in [0.05, 0.1) is 24.0 Å². The summed E-state index contributed by atoms with van der Waals surface area (Å²) in [5, 5.41) is 0. The zero-order valence-electron chi connectivity index (χ0n) is 14.4. The third-order valence-corrected chi connectivity index (χ3v) is 5.02. The highest BCUT2D eigenvalue weighted by molar-refractivity contribution is 6.53. The minimum absolute atomic E-state index is 0.290. The third kappa shape index (κ3) is 3.47.